The van der Waals surface area contributed by atoms with Crippen molar-refractivity contribution in [2.24, 2.45) is 5.41 Å². The summed E-state index contributed by atoms with van der Waals surface area (Å²) in [6, 6.07) is 9.36. The highest BCUT2D eigenvalue weighted by Crippen LogP contribution is 2.55. The highest BCUT2D eigenvalue weighted by molar-refractivity contribution is 5.34. The smallest absolute Gasteiger partial charge is 0.00879 e. The first-order chi connectivity index (χ1) is 8.88. The molecule has 19 heavy (non-hydrogen) atoms. The van der Waals surface area contributed by atoms with Crippen LogP contribution in [0.2, 0.25) is 0 Å². The number of hydrogen-bond donors (Lipinski definition) is 1. The zero-order chi connectivity index (χ0) is 14.1. The first-order valence-corrected chi connectivity index (χ1v) is 7.70. The molecule has 1 aromatic rings. The lowest BCUT2D eigenvalue weighted by Gasteiger charge is -2.54. The van der Waals surface area contributed by atoms with Crippen LogP contribution in [-0.2, 0) is 5.41 Å². The Labute approximate surface area is 118 Å². The molecular weight excluding hydrogens is 230 g/mol. The summed E-state index contributed by atoms with van der Waals surface area (Å²) in [6.07, 6.45) is 2.60. The molecule has 1 aliphatic carbocycles. The van der Waals surface area contributed by atoms with E-state index in [0.29, 0.717) is 16.7 Å². The van der Waals surface area contributed by atoms with Crippen molar-refractivity contribution in [1.29, 1.82) is 0 Å². The van der Waals surface area contributed by atoms with Gasteiger partial charge < -0.3 is 5.32 Å². The lowest BCUT2D eigenvalue weighted by molar-refractivity contribution is 0.0567. The first kappa shape index (κ1) is 14.6. The number of benzene rings is 1. The summed E-state index contributed by atoms with van der Waals surface area (Å²) in [6.45, 7) is 13.7. The molecule has 1 aliphatic rings. The van der Waals surface area contributed by atoms with Gasteiger partial charge in [0.15, 0.2) is 0 Å². The van der Waals surface area contributed by atoms with Gasteiger partial charge in [0.1, 0.15) is 0 Å². The molecule has 0 atom stereocenters. The Morgan fingerprint density at radius 3 is 2.11 bits per heavy atom. The van der Waals surface area contributed by atoms with Crippen molar-refractivity contribution in [2.75, 3.05) is 13.1 Å². The van der Waals surface area contributed by atoms with Crippen LogP contribution in [0.5, 0.6) is 0 Å². The predicted octanol–water partition coefficient (Wildman–Crippen LogP) is 4.48. The second kappa shape index (κ2) is 5.28. The van der Waals surface area contributed by atoms with E-state index in [1.165, 1.54) is 24.0 Å². The average molecular weight is 259 g/mol. The molecule has 1 heteroatoms. The Morgan fingerprint density at radius 1 is 1.11 bits per heavy atom. The second-order valence-corrected chi connectivity index (χ2v) is 7.36. The summed E-state index contributed by atoms with van der Waals surface area (Å²) >= 11 is 0. The van der Waals surface area contributed by atoms with Crippen LogP contribution in [0.1, 0.15) is 64.5 Å². The molecule has 1 fully saturated rings. The topological polar surface area (TPSA) is 12.0 Å². The minimum absolute atomic E-state index is 0.370. The molecule has 0 aromatic heterocycles. The van der Waals surface area contributed by atoms with Crippen molar-refractivity contribution in [3.8, 4) is 0 Å². The Bertz CT molecular complexity index is 406. The van der Waals surface area contributed by atoms with Gasteiger partial charge in [0.2, 0.25) is 0 Å². The van der Waals surface area contributed by atoms with E-state index >= 15 is 0 Å². The molecule has 0 saturated heterocycles. The van der Waals surface area contributed by atoms with Crippen LogP contribution >= 0.6 is 0 Å². The highest BCUT2D eigenvalue weighted by atomic mass is 14.9. The van der Waals surface area contributed by atoms with Gasteiger partial charge in [0.05, 0.1) is 0 Å². The summed E-state index contributed by atoms with van der Waals surface area (Å²) in [4.78, 5) is 0. The van der Waals surface area contributed by atoms with E-state index in [9.17, 15) is 0 Å². The number of nitrogens with one attached hydrogen (secondary N) is 1. The third-order valence-electron chi connectivity index (χ3n) is 4.54. The van der Waals surface area contributed by atoms with Gasteiger partial charge in [0.25, 0.3) is 0 Å². The Morgan fingerprint density at radius 2 is 1.68 bits per heavy atom. The van der Waals surface area contributed by atoms with Gasteiger partial charge in [-0.1, -0.05) is 58.9 Å². The SMILES string of the molecule is CCNCC1(c2ccc(C(C)C)cc2)CC(C)(C)C1. The summed E-state index contributed by atoms with van der Waals surface area (Å²) in [5.74, 6) is 0.622. The summed E-state index contributed by atoms with van der Waals surface area (Å²) in [5.41, 5.74) is 3.85. The van der Waals surface area contributed by atoms with Crippen LogP contribution in [0.4, 0.5) is 0 Å². The highest BCUT2D eigenvalue weighted by Gasteiger charge is 2.49. The van der Waals surface area contributed by atoms with Gasteiger partial charge in [-0.2, -0.15) is 0 Å². The molecule has 0 spiro atoms. The van der Waals surface area contributed by atoms with Gasteiger partial charge >= 0.3 is 0 Å². The molecule has 0 heterocycles. The van der Waals surface area contributed by atoms with Crippen LogP contribution in [0.3, 0.4) is 0 Å². The van der Waals surface area contributed by atoms with E-state index in [1.54, 1.807) is 0 Å². The average Bonchev–Trinajstić information content (AvgIpc) is 2.33. The fraction of sp³-hybridized carbons (Fsp3) is 0.667. The lowest BCUT2D eigenvalue weighted by Crippen LogP contribution is -2.52. The fourth-order valence-electron chi connectivity index (χ4n) is 3.80. The molecule has 1 aromatic carbocycles. The van der Waals surface area contributed by atoms with Crippen molar-refractivity contribution in [3.63, 3.8) is 0 Å². The summed E-state index contributed by atoms with van der Waals surface area (Å²) in [7, 11) is 0. The molecule has 2 rings (SSSR count). The lowest BCUT2D eigenvalue weighted by atomic mass is 9.52. The molecule has 1 N–H and O–H groups in total. The molecule has 0 aliphatic heterocycles. The largest absolute Gasteiger partial charge is 0.316 e. The normalized spacial score (nSPS) is 20.3. The standard InChI is InChI=1S/C18H29N/c1-6-19-13-18(11-17(4,5)12-18)16-9-7-15(8-10-16)14(2)3/h7-10,14,19H,6,11-13H2,1-5H3. The van der Waals surface area contributed by atoms with Crippen LogP contribution < -0.4 is 5.32 Å². The van der Waals surface area contributed by atoms with Crippen molar-refractivity contribution >= 4 is 0 Å². The van der Waals surface area contributed by atoms with E-state index < -0.39 is 0 Å². The van der Waals surface area contributed by atoms with Gasteiger partial charge in [0, 0.05) is 12.0 Å². The van der Waals surface area contributed by atoms with Crippen LogP contribution in [0.15, 0.2) is 24.3 Å². The van der Waals surface area contributed by atoms with Crippen LogP contribution in [-0.4, -0.2) is 13.1 Å². The maximum absolute atomic E-state index is 3.56. The van der Waals surface area contributed by atoms with Crippen molar-refractivity contribution < 1.29 is 0 Å². The van der Waals surface area contributed by atoms with Gasteiger partial charge in [-0.15, -0.1) is 0 Å². The Hall–Kier alpha value is -0.820. The molecule has 106 valence electrons. The van der Waals surface area contributed by atoms with E-state index in [0.717, 1.165) is 13.1 Å². The van der Waals surface area contributed by atoms with Crippen molar-refractivity contribution in [2.45, 2.75) is 58.8 Å². The molecule has 1 saturated carbocycles. The zero-order valence-electron chi connectivity index (χ0n) is 13.2. The summed E-state index contributed by atoms with van der Waals surface area (Å²) < 4.78 is 0. The van der Waals surface area contributed by atoms with Gasteiger partial charge in [-0.3, -0.25) is 0 Å². The minimum Gasteiger partial charge on any atom is -0.316 e. The fourth-order valence-corrected chi connectivity index (χ4v) is 3.80. The second-order valence-electron chi connectivity index (χ2n) is 7.36. The van der Waals surface area contributed by atoms with Crippen LogP contribution in [0.25, 0.3) is 0 Å². The molecule has 0 bridgehead atoms. The third kappa shape index (κ3) is 3.02. The Kier molecular flexibility index (Phi) is 4.06. The van der Waals surface area contributed by atoms with E-state index in [-0.39, 0.29) is 0 Å². The molecule has 0 unspecified atom stereocenters. The number of rotatable bonds is 5. The maximum atomic E-state index is 3.56. The van der Waals surface area contributed by atoms with Crippen LogP contribution in [0, 0.1) is 5.41 Å². The molecule has 1 nitrogen and oxygen atoms in total. The quantitative estimate of drug-likeness (QED) is 0.822. The first-order valence-electron chi connectivity index (χ1n) is 7.70. The van der Waals surface area contributed by atoms with Gasteiger partial charge in [-0.25, -0.2) is 0 Å². The number of hydrogen-bond acceptors (Lipinski definition) is 1. The predicted molar refractivity (Wildman–Crippen MR) is 83.8 cm³/mol. The Balaban J connectivity index is 2.19. The zero-order valence-corrected chi connectivity index (χ0v) is 13.2. The third-order valence-corrected chi connectivity index (χ3v) is 4.54. The van der Waals surface area contributed by atoms with E-state index in [1.807, 2.05) is 0 Å². The maximum Gasteiger partial charge on any atom is 0.00879 e. The van der Waals surface area contributed by atoms with E-state index in [4.69, 9.17) is 0 Å². The van der Waals surface area contributed by atoms with Crippen molar-refractivity contribution in [1.82, 2.24) is 5.32 Å². The summed E-state index contributed by atoms with van der Waals surface area (Å²) in [5, 5.41) is 3.56. The molecule has 0 radical (unpaired) electrons. The molecular formula is C18H29N. The van der Waals surface area contributed by atoms with Gasteiger partial charge in [-0.05, 0) is 41.8 Å². The monoisotopic (exact) mass is 259 g/mol. The number of likely N-dealkylation sites (N-methyl/N-ethyl adjacent to an activating group) is 1. The molecule has 0 amide bonds. The van der Waals surface area contributed by atoms with Crippen molar-refractivity contribution in [3.05, 3.63) is 35.4 Å². The minimum atomic E-state index is 0.370. The van der Waals surface area contributed by atoms with E-state index in [2.05, 4.69) is 64.2 Å².